The highest BCUT2D eigenvalue weighted by molar-refractivity contribution is 5.83. The summed E-state index contributed by atoms with van der Waals surface area (Å²) in [5.41, 5.74) is 0. The van der Waals surface area contributed by atoms with Crippen molar-refractivity contribution in [1.29, 1.82) is 0 Å². The van der Waals surface area contributed by atoms with E-state index in [1.165, 1.54) is 0 Å². The first-order valence-electron chi connectivity index (χ1n) is 5.18. The van der Waals surface area contributed by atoms with Gasteiger partial charge in [0.15, 0.2) is 0 Å². The van der Waals surface area contributed by atoms with Crippen LogP contribution in [0.2, 0.25) is 0 Å². The highest BCUT2D eigenvalue weighted by Crippen LogP contribution is 1.93. The number of unbranched alkanes of at least 4 members (excludes halogenated alkanes) is 2. The largest absolute Gasteiger partial charge is 0.359 e. The Balaban J connectivity index is 3.32. The molecule has 14 heavy (non-hydrogen) atoms. The first kappa shape index (κ1) is 12.9. The van der Waals surface area contributed by atoms with Gasteiger partial charge in [0.2, 0.25) is 11.8 Å². The minimum absolute atomic E-state index is 0.0373. The Labute approximate surface area is 85.4 Å². The van der Waals surface area contributed by atoms with Crippen LogP contribution in [0, 0.1) is 0 Å². The van der Waals surface area contributed by atoms with E-state index in [1.807, 2.05) is 0 Å². The molecule has 0 unspecified atom stereocenters. The SMILES string of the molecule is CCCCCNC(=O)CCC(=O)NC. The van der Waals surface area contributed by atoms with Crippen molar-refractivity contribution in [2.75, 3.05) is 13.6 Å². The number of carbonyl (C=O) groups is 2. The Morgan fingerprint density at radius 2 is 1.71 bits per heavy atom. The number of hydrogen-bond donors (Lipinski definition) is 2. The maximum absolute atomic E-state index is 11.1. The van der Waals surface area contributed by atoms with Crippen LogP contribution in [0.3, 0.4) is 0 Å². The predicted octanol–water partition coefficient (Wildman–Crippen LogP) is 0.819. The fraction of sp³-hybridized carbons (Fsp3) is 0.800. The first-order chi connectivity index (χ1) is 6.70. The second-order valence-corrected chi connectivity index (χ2v) is 3.23. The van der Waals surface area contributed by atoms with Gasteiger partial charge in [0.05, 0.1) is 0 Å². The van der Waals surface area contributed by atoms with Crippen molar-refractivity contribution in [2.24, 2.45) is 0 Å². The highest BCUT2D eigenvalue weighted by atomic mass is 16.2. The maximum atomic E-state index is 11.1. The summed E-state index contributed by atoms with van der Waals surface area (Å²) in [6.45, 7) is 2.84. The predicted molar refractivity (Wildman–Crippen MR) is 55.8 cm³/mol. The van der Waals surface area contributed by atoms with Gasteiger partial charge < -0.3 is 10.6 Å². The third-order valence-electron chi connectivity index (χ3n) is 1.96. The van der Waals surface area contributed by atoms with Gasteiger partial charge >= 0.3 is 0 Å². The molecule has 0 saturated carbocycles. The van der Waals surface area contributed by atoms with Crippen LogP contribution in [0.5, 0.6) is 0 Å². The van der Waals surface area contributed by atoms with Crippen LogP contribution in [0.1, 0.15) is 39.0 Å². The minimum atomic E-state index is -0.0892. The van der Waals surface area contributed by atoms with E-state index < -0.39 is 0 Å². The molecular formula is C10H20N2O2. The highest BCUT2D eigenvalue weighted by Gasteiger charge is 2.03. The molecule has 0 saturated heterocycles. The zero-order valence-corrected chi connectivity index (χ0v) is 9.06. The molecule has 0 aliphatic rings. The Bertz CT molecular complexity index is 181. The molecule has 0 bridgehead atoms. The van der Waals surface area contributed by atoms with Crippen LogP contribution < -0.4 is 10.6 Å². The Morgan fingerprint density at radius 1 is 1.07 bits per heavy atom. The number of amides is 2. The Hall–Kier alpha value is -1.06. The van der Waals surface area contributed by atoms with Gasteiger partial charge in [-0.2, -0.15) is 0 Å². The standard InChI is InChI=1S/C10H20N2O2/c1-3-4-5-8-12-10(14)7-6-9(13)11-2/h3-8H2,1-2H3,(H,11,13)(H,12,14). The van der Waals surface area contributed by atoms with Crippen molar-refractivity contribution in [2.45, 2.75) is 39.0 Å². The lowest BCUT2D eigenvalue weighted by Gasteiger charge is -2.03. The van der Waals surface area contributed by atoms with Crippen molar-refractivity contribution < 1.29 is 9.59 Å². The zero-order valence-electron chi connectivity index (χ0n) is 9.06. The van der Waals surface area contributed by atoms with E-state index in [4.69, 9.17) is 0 Å². The summed E-state index contributed by atoms with van der Waals surface area (Å²) in [5, 5.41) is 5.26. The summed E-state index contributed by atoms with van der Waals surface area (Å²) in [6, 6.07) is 0. The Morgan fingerprint density at radius 3 is 2.29 bits per heavy atom. The lowest BCUT2D eigenvalue weighted by molar-refractivity contribution is -0.126. The van der Waals surface area contributed by atoms with Gasteiger partial charge in [-0.25, -0.2) is 0 Å². The van der Waals surface area contributed by atoms with Gasteiger partial charge in [-0.05, 0) is 6.42 Å². The van der Waals surface area contributed by atoms with Crippen LogP contribution in [0.25, 0.3) is 0 Å². The minimum Gasteiger partial charge on any atom is -0.359 e. The molecule has 0 fully saturated rings. The molecule has 0 atom stereocenters. The first-order valence-corrected chi connectivity index (χ1v) is 5.18. The average molecular weight is 200 g/mol. The molecule has 4 heteroatoms. The second-order valence-electron chi connectivity index (χ2n) is 3.23. The molecule has 82 valence electrons. The van der Waals surface area contributed by atoms with Gasteiger partial charge in [-0.15, -0.1) is 0 Å². The van der Waals surface area contributed by atoms with E-state index in [2.05, 4.69) is 17.6 Å². The van der Waals surface area contributed by atoms with E-state index in [1.54, 1.807) is 7.05 Å². The molecule has 0 aromatic carbocycles. The van der Waals surface area contributed by atoms with E-state index in [9.17, 15) is 9.59 Å². The summed E-state index contributed by atoms with van der Waals surface area (Å²) in [6.07, 6.45) is 3.86. The Kier molecular flexibility index (Phi) is 7.89. The van der Waals surface area contributed by atoms with Crippen molar-refractivity contribution in [1.82, 2.24) is 10.6 Å². The molecule has 0 aromatic rings. The van der Waals surface area contributed by atoms with Gasteiger partial charge in [0.25, 0.3) is 0 Å². The van der Waals surface area contributed by atoms with Gasteiger partial charge in [-0.1, -0.05) is 19.8 Å². The molecule has 0 aliphatic carbocycles. The summed E-state index contributed by atoms with van der Waals surface area (Å²) in [7, 11) is 1.57. The molecule has 2 N–H and O–H groups in total. The smallest absolute Gasteiger partial charge is 0.220 e. The second kappa shape index (κ2) is 8.53. The maximum Gasteiger partial charge on any atom is 0.220 e. The molecule has 2 amide bonds. The lowest BCUT2D eigenvalue weighted by atomic mass is 10.2. The zero-order chi connectivity index (χ0) is 10.8. The van der Waals surface area contributed by atoms with Crippen molar-refractivity contribution in [3.8, 4) is 0 Å². The summed E-state index contributed by atoms with van der Waals surface area (Å²) in [5.74, 6) is -0.126. The van der Waals surface area contributed by atoms with E-state index in [0.717, 1.165) is 25.8 Å². The van der Waals surface area contributed by atoms with Gasteiger partial charge in [0.1, 0.15) is 0 Å². The van der Waals surface area contributed by atoms with E-state index >= 15 is 0 Å². The van der Waals surface area contributed by atoms with Crippen LogP contribution in [-0.2, 0) is 9.59 Å². The normalized spacial score (nSPS) is 9.57. The molecule has 0 heterocycles. The lowest BCUT2D eigenvalue weighted by Crippen LogP contribution is -2.26. The van der Waals surface area contributed by atoms with Crippen LogP contribution >= 0.6 is 0 Å². The molecule has 0 radical (unpaired) electrons. The third-order valence-corrected chi connectivity index (χ3v) is 1.96. The molecule has 0 spiro atoms. The topological polar surface area (TPSA) is 58.2 Å². The third kappa shape index (κ3) is 7.58. The van der Waals surface area contributed by atoms with Crippen LogP contribution in [-0.4, -0.2) is 25.4 Å². The molecule has 0 rings (SSSR count). The van der Waals surface area contributed by atoms with Gasteiger partial charge in [0, 0.05) is 26.4 Å². The quantitative estimate of drug-likeness (QED) is 0.598. The van der Waals surface area contributed by atoms with Crippen molar-refractivity contribution >= 4 is 11.8 Å². The van der Waals surface area contributed by atoms with Crippen LogP contribution in [0.4, 0.5) is 0 Å². The molecule has 0 aromatic heterocycles. The van der Waals surface area contributed by atoms with Crippen molar-refractivity contribution in [3.05, 3.63) is 0 Å². The van der Waals surface area contributed by atoms with Crippen LogP contribution in [0.15, 0.2) is 0 Å². The fourth-order valence-electron chi connectivity index (χ4n) is 1.04. The molecule has 4 nitrogen and oxygen atoms in total. The number of hydrogen-bond acceptors (Lipinski definition) is 2. The van der Waals surface area contributed by atoms with Crippen molar-refractivity contribution in [3.63, 3.8) is 0 Å². The monoisotopic (exact) mass is 200 g/mol. The molecular weight excluding hydrogens is 180 g/mol. The van der Waals surface area contributed by atoms with E-state index in [-0.39, 0.29) is 24.7 Å². The summed E-state index contributed by atoms with van der Waals surface area (Å²) in [4.78, 5) is 21.9. The number of carbonyl (C=O) groups excluding carboxylic acids is 2. The fourth-order valence-corrected chi connectivity index (χ4v) is 1.04. The van der Waals surface area contributed by atoms with E-state index in [0.29, 0.717) is 0 Å². The molecule has 0 aliphatic heterocycles. The summed E-state index contributed by atoms with van der Waals surface area (Å²) >= 11 is 0. The number of nitrogens with one attached hydrogen (secondary N) is 2. The van der Waals surface area contributed by atoms with Gasteiger partial charge in [-0.3, -0.25) is 9.59 Å². The number of rotatable bonds is 7. The summed E-state index contributed by atoms with van der Waals surface area (Å²) < 4.78 is 0. The average Bonchev–Trinajstić information content (AvgIpc) is 2.21.